The highest BCUT2D eigenvalue weighted by Crippen LogP contribution is 2.35. The van der Waals surface area contributed by atoms with Crippen LogP contribution >= 0.6 is 31.9 Å². The number of amides is 1. The summed E-state index contributed by atoms with van der Waals surface area (Å²) in [4.78, 5) is 11.8. The first-order chi connectivity index (χ1) is 11.9. The normalized spacial score (nSPS) is 10.9. The fourth-order valence-electron chi connectivity index (χ4n) is 2.00. The Morgan fingerprint density at radius 3 is 2.52 bits per heavy atom. The summed E-state index contributed by atoms with van der Waals surface area (Å²) in [5.74, 6) is 0.343. The molecule has 2 rings (SSSR count). The number of hydrogen-bond donors (Lipinski definition) is 3. The second-order valence-corrected chi connectivity index (χ2v) is 7.19. The number of ether oxygens (including phenoxy) is 1. The van der Waals surface area contributed by atoms with Crippen LogP contribution in [0.5, 0.6) is 5.75 Å². The lowest BCUT2D eigenvalue weighted by molar-refractivity contribution is 0.0944. The predicted octanol–water partition coefficient (Wildman–Crippen LogP) is 2.48. The van der Waals surface area contributed by atoms with Crippen molar-refractivity contribution >= 4 is 43.6 Å². The lowest BCUT2D eigenvalue weighted by atomic mass is 10.2. The van der Waals surface area contributed by atoms with Gasteiger partial charge < -0.3 is 21.1 Å². The topological polar surface area (TPSA) is 115 Å². The Labute approximate surface area is 162 Å². The van der Waals surface area contributed by atoms with Crippen LogP contribution in [-0.4, -0.2) is 35.4 Å². The number of nitrogen functional groups attached to an aromatic ring is 1. The molecule has 0 aliphatic heterocycles. The van der Waals surface area contributed by atoms with E-state index >= 15 is 0 Å². The number of carbonyl (C=O) groups is 1. The average molecular weight is 477 g/mol. The molecule has 8 nitrogen and oxygen atoms in total. The molecule has 0 spiro atoms. The zero-order valence-electron chi connectivity index (χ0n) is 13.8. The van der Waals surface area contributed by atoms with Gasteiger partial charge in [0.05, 0.1) is 15.0 Å². The highest BCUT2D eigenvalue weighted by molar-refractivity contribution is 9.11. The SMILES string of the molecule is CC(C)Oc1c(Br)cc(CNCCNC(=O)c2nonc2N)cc1Br. The minimum atomic E-state index is -0.416. The Morgan fingerprint density at radius 1 is 1.28 bits per heavy atom. The second-order valence-electron chi connectivity index (χ2n) is 5.49. The zero-order valence-corrected chi connectivity index (χ0v) is 17.0. The lowest BCUT2D eigenvalue weighted by Gasteiger charge is -2.15. The summed E-state index contributed by atoms with van der Waals surface area (Å²) in [7, 11) is 0. The molecule has 0 fully saturated rings. The van der Waals surface area contributed by atoms with Crippen molar-refractivity contribution in [2.75, 3.05) is 18.8 Å². The van der Waals surface area contributed by atoms with E-state index in [1.54, 1.807) is 0 Å². The minimum Gasteiger partial charge on any atom is -0.489 e. The van der Waals surface area contributed by atoms with E-state index in [4.69, 9.17) is 10.5 Å². The first-order valence-electron chi connectivity index (χ1n) is 7.60. The molecule has 2 aromatic rings. The van der Waals surface area contributed by atoms with Crippen molar-refractivity contribution in [2.24, 2.45) is 0 Å². The van der Waals surface area contributed by atoms with Crippen molar-refractivity contribution in [3.8, 4) is 5.75 Å². The van der Waals surface area contributed by atoms with E-state index in [2.05, 4.69) is 57.4 Å². The Morgan fingerprint density at radius 2 is 1.96 bits per heavy atom. The Bertz CT molecular complexity index is 713. The van der Waals surface area contributed by atoms with Crippen LogP contribution in [0.15, 0.2) is 25.7 Å². The molecule has 1 heterocycles. The van der Waals surface area contributed by atoms with Gasteiger partial charge in [-0.05, 0) is 73.7 Å². The van der Waals surface area contributed by atoms with Gasteiger partial charge in [0.2, 0.25) is 11.5 Å². The van der Waals surface area contributed by atoms with Gasteiger partial charge in [0.15, 0.2) is 0 Å². The summed E-state index contributed by atoms with van der Waals surface area (Å²) < 4.78 is 11.9. The first-order valence-corrected chi connectivity index (χ1v) is 9.18. The molecular weight excluding hydrogens is 458 g/mol. The molecular formula is C15H19Br2N5O3. The fraction of sp³-hybridized carbons (Fsp3) is 0.400. The summed E-state index contributed by atoms with van der Waals surface area (Å²) in [5, 5.41) is 12.7. The van der Waals surface area contributed by atoms with Gasteiger partial charge in [-0.15, -0.1) is 0 Å². The molecule has 0 saturated carbocycles. The Hall–Kier alpha value is -1.65. The smallest absolute Gasteiger partial charge is 0.277 e. The van der Waals surface area contributed by atoms with Gasteiger partial charge in [-0.25, -0.2) is 4.63 Å². The summed E-state index contributed by atoms with van der Waals surface area (Å²) in [6, 6.07) is 3.99. The van der Waals surface area contributed by atoms with E-state index in [1.165, 1.54) is 0 Å². The van der Waals surface area contributed by atoms with Crippen molar-refractivity contribution in [2.45, 2.75) is 26.5 Å². The standard InChI is InChI=1S/C15H19Br2N5O3/c1-8(2)24-13-10(16)5-9(6-11(13)17)7-19-3-4-20-15(23)12-14(18)22-25-21-12/h5-6,8,19H,3-4,7H2,1-2H3,(H2,18,22)(H,20,23). The third-order valence-corrected chi connectivity index (χ3v) is 4.24. The quantitative estimate of drug-likeness (QED) is 0.501. The molecule has 0 saturated heterocycles. The van der Waals surface area contributed by atoms with E-state index in [0.717, 1.165) is 20.3 Å². The van der Waals surface area contributed by atoms with Gasteiger partial charge in [0, 0.05) is 19.6 Å². The van der Waals surface area contributed by atoms with Gasteiger partial charge in [-0.3, -0.25) is 4.79 Å². The van der Waals surface area contributed by atoms with Crippen LogP contribution in [0.1, 0.15) is 29.9 Å². The molecule has 136 valence electrons. The van der Waals surface area contributed by atoms with E-state index in [-0.39, 0.29) is 17.6 Å². The van der Waals surface area contributed by atoms with Crippen LogP contribution in [0, 0.1) is 0 Å². The van der Waals surface area contributed by atoms with Gasteiger partial charge >= 0.3 is 0 Å². The third kappa shape index (κ3) is 5.68. The molecule has 1 aromatic heterocycles. The van der Waals surface area contributed by atoms with Gasteiger partial charge in [0.1, 0.15) is 5.75 Å². The Balaban J connectivity index is 1.78. The number of benzene rings is 1. The summed E-state index contributed by atoms with van der Waals surface area (Å²) in [6.45, 7) is 5.60. The van der Waals surface area contributed by atoms with E-state index < -0.39 is 5.91 Å². The monoisotopic (exact) mass is 475 g/mol. The van der Waals surface area contributed by atoms with E-state index in [1.807, 2.05) is 26.0 Å². The molecule has 0 aliphatic rings. The van der Waals surface area contributed by atoms with Crippen LogP contribution in [0.25, 0.3) is 0 Å². The fourth-order valence-corrected chi connectivity index (χ4v) is 3.46. The number of halogens is 2. The van der Waals surface area contributed by atoms with Crippen molar-refractivity contribution in [3.05, 3.63) is 32.3 Å². The maximum atomic E-state index is 11.8. The maximum Gasteiger partial charge on any atom is 0.277 e. The zero-order chi connectivity index (χ0) is 18.4. The third-order valence-electron chi connectivity index (χ3n) is 3.06. The number of carbonyl (C=O) groups excluding carboxylic acids is 1. The number of anilines is 1. The second kappa shape index (κ2) is 9.16. The minimum absolute atomic E-state index is 0.00592. The number of nitrogens with one attached hydrogen (secondary N) is 2. The maximum absolute atomic E-state index is 11.8. The molecule has 1 amide bonds. The average Bonchev–Trinajstić information content (AvgIpc) is 2.96. The highest BCUT2D eigenvalue weighted by atomic mass is 79.9. The largest absolute Gasteiger partial charge is 0.489 e. The Kier molecular flexibility index (Phi) is 7.21. The molecule has 0 unspecified atom stereocenters. The van der Waals surface area contributed by atoms with Gasteiger partial charge in [-0.2, -0.15) is 0 Å². The molecule has 10 heteroatoms. The van der Waals surface area contributed by atoms with Crippen molar-refractivity contribution in [1.29, 1.82) is 0 Å². The summed E-state index contributed by atoms with van der Waals surface area (Å²) >= 11 is 7.05. The molecule has 0 bridgehead atoms. The molecule has 0 atom stereocenters. The van der Waals surface area contributed by atoms with Crippen LogP contribution in [0.4, 0.5) is 5.82 Å². The van der Waals surface area contributed by atoms with Crippen molar-refractivity contribution < 1.29 is 14.2 Å². The van der Waals surface area contributed by atoms with E-state index in [9.17, 15) is 4.79 Å². The molecule has 0 aliphatic carbocycles. The summed E-state index contributed by atoms with van der Waals surface area (Å²) in [5.41, 5.74) is 6.52. The number of aromatic nitrogens is 2. The van der Waals surface area contributed by atoms with Crippen molar-refractivity contribution in [1.82, 2.24) is 20.9 Å². The van der Waals surface area contributed by atoms with Crippen molar-refractivity contribution in [3.63, 3.8) is 0 Å². The van der Waals surface area contributed by atoms with Crippen LogP contribution in [-0.2, 0) is 6.54 Å². The number of nitrogens with two attached hydrogens (primary N) is 1. The van der Waals surface area contributed by atoms with Gasteiger partial charge in [-0.1, -0.05) is 0 Å². The predicted molar refractivity (Wildman–Crippen MR) is 100 cm³/mol. The number of hydrogen-bond acceptors (Lipinski definition) is 7. The first kappa shape index (κ1) is 19.7. The molecule has 25 heavy (non-hydrogen) atoms. The molecule has 4 N–H and O–H groups in total. The number of rotatable bonds is 8. The van der Waals surface area contributed by atoms with Crippen LogP contribution in [0.2, 0.25) is 0 Å². The van der Waals surface area contributed by atoms with Crippen LogP contribution < -0.4 is 21.1 Å². The van der Waals surface area contributed by atoms with E-state index in [0.29, 0.717) is 19.6 Å². The van der Waals surface area contributed by atoms with Gasteiger partial charge in [0.25, 0.3) is 5.91 Å². The molecule has 0 radical (unpaired) electrons. The van der Waals surface area contributed by atoms with Crippen LogP contribution in [0.3, 0.4) is 0 Å². The summed E-state index contributed by atoms with van der Waals surface area (Å²) in [6.07, 6.45) is 0.0918. The lowest BCUT2D eigenvalue weighted by Crippen LogP contribution is -2.32. The molecule has 1 aromatic carbocycles. The number of nitrogens with zero attached hydrogens (tertiary/aromatic N) is 2. The highest BCUT2D eigenvalue weighted by Gasteiger charge is 2.15.